The van der Waals surface area contributed by atoms with Gasteiger partial charge in [-0.05, 0) is 29.3 Å². The zero-order valence-electron chi connectivity index (χ0n) is 14.6. The fraction of sp³-hybridized carbons (Fsp3) is 0.381. The van der Waals surface area contributed by atoms with E-state index in [4.69, 9.17) is 4.43 Å². The minimum absolute atomic E-state index is 0.629. The highest BCUT2D eigenvalue weighted by Gasteiger charge is 2.38. The second kappa shape index (κ2) is 10.2. The molecule has 0 aliphatic heterocycles. The molecule has 0 aliphatic carbocycles. The molecule has 2 nitrogen and oxygen atoms in total. The van der Waals surface area contributed by atoms with Crippen LogP contribution in [0.1, 0.15) is 39.0 Å². The largest absolute Gasteiger partial charge is 0.408 e. The third-order valence-electron chi connectivity index (χ3n) is 4.43. The van der Waals surface area contributed by atoms with Crippen molar-refractivity contribution in [2.45, 2.75) is 45.1 Å². The van der Waals surface area contributed by atoms with E-state index in [0.717, 1.165) is 31.8 Å². The molecule has 0 aromatic heterocycles. The minimum atomic E-state index is -2.22. The molecule has 3 heteroatoms. The maximum Gasteiger partial charge on any atom is 0.255 e. The lowest BCUT2D eigenvalue weighted by Crippen LogP contribution is -2.60. The summed E-state index contributed by atoms with van der Waals surface area (Å²) in [6.45, 7) is 2.97. The number of carbonyl (C=O) groups excluding carboxylic acids is 1. The van der Waals surface area contributed by atoms with Crippen LogP contribution < -0.4 is 10.4 Å². The summed E-state index contributed by atoms with van der Waals surface area (Å²) < 4.78 is 6.67. The van der Waals surface area contributed by atoms with Gasteiger partial charge in [0, 0.05) is 13.0 Å². The standard InChI is InChI=1S/C21H28O2Si/c1-2-3-19-24(20-13-7-4-8-14-20,21-15-9-5-10-16-21)23-18-12-6-11-17-22/h4-5,7-10,13-17H,2-3,6,11-12,18-19H2,1H3. The van der Waals surface area contributed by atoms with E-state index >= 15 is 0 Å². The van der Waals surface area contributed by atoms with E-state index in [9.17, 15) is 4.79 Å². The van der Waals surface area contributed by atoms with Gasteiger partial charge >= 0.3 is 0 Å². The van der Waals surface area contributed by atoms with Crippen molar-refractivity contribution in [2.24, 2.45) is 0 Å². The summed E-state index contributed by atoms with van der Waals surface area (Å²) in [6.07, 6.45) is 5.82. The van der Waals surface area contributed by atoms with Crippen LogP contribution in [-0.2, 0) is 9.22 Å². The Labute approximate surface area is 147 Å². The van der Waals surface area contributed by atoms with Crippen molar-refractivity contribution in [3.8, 4) is 0 Å². The van der Waals surface area contributed by atoms with Crippen molar-refractivity contribution < 1.29 is 9.22 Å². The number of hydrogen-bond acceptors (Lipinski definition) is 2. The topological polar surface area (TPSA) is 26.3 Å². The zero-order chi connectivity index (χ0) is 17.1. The molecule has 0 unspecified atom stereocenters. The van der Waals surface area contributed by atoms with Crippen LogP contribution in [-0.4, -0.2) is 21.2 Å². The Hall–Kier alpha value is -1.71. The van der Waals surface area contributed by atoms with E-state index in [2.05, 4.69) is 67.6 Å². The Bertz CT molecular complexity index is 544. The fourth-order valence-corrected chi connectivity index (χ4v) is 7.31. The average molecular weight is 341 g/mol. The second-order valence-corrected chi connectivity index (χ2v) is 9.77. The quantitative estimate of drug-likeness (QED) is 0.352. The molecule has 0 radical (unpaired) electrons. The highest BCUT2D eigenvalue weighted by Crippen LogP contribution is 2.18. The van der Waals surface area contributed by atoms with E-state index < -0.39 is 8.32 Å². The van der Waals surface area contributed by atoms with E-state index in [-0.39, 0.29) is 0 Å². The molecule has 2 aromatic rings. The van der Waals surface area contributed by atoms with Crippen molar-refractivity contribution >= 4 is 25.0 Å². The first-order valence-electron chi connectivity index (χ1n) is 9.02. The monoisotopic (exact) mass is 340 g/mol. The number of unbranched alkanes of at least 4 members (excludes halogenated alkanes) is 3. The molecule has 0 saturated heterocycles. The first kappa shape index (κ1) is 18.6. The van der Waals surface area contributed by atoms with Gasteiger partial charge in [-0.15, -0.1) is 0 Å². The summed E-state index contributed by atoms with van der Waals surface area (Å²) in [7, 11) is -2.22. The molecule has 128 valence electrons. The maximum absolute atomic E-state index is 10.5. The number of rotatable bonds is 11. The SMILES string of the molecule is CCCC[Si](OCCCCC=O)(c1ccccc1)c1ccccc1. The van der Waals surface area contributed by atoms with E-state index in [1.165, 1.54) is 23.2 Å². The first-order chi connectivity index (χ1) is 11.8. The van der Waals surface area contributed by atoms with Crippen LogP contribution in [0.2, 0.25) is 6.04 Å². The van der Waals surface area contributed by atoms with Gasteiger partial charge in [-0.3, -0.25) is 0 Å². The third kappa shape index (κ3) is 4.89. The van der Waals surface area contributed by atoms with E-state index in [0.29, 0.717) is 6.42 Å². The lowest BCUT2D eigenvalue weighted by Gasteiger charge is -2.32. The zero-order valence-corrected chi connectivity index (χ0v) is 15.6. The van der Waals surface area contributed by atoms with Gasteiger partial charge in [-0.1, -0.05) is 80.4 Å². The van der Waals surface area contributed by atoms with Gasteiger partial charge in [0.1, 0.15) is 6.29 Å². The average Bonchev–Trinajstić information content (AvgIpc) is 2.66. The molecule has 0 heterocycles. The molecule has 0 aliphatic rings. The van der Waals surface area contributed by atoms with Crippen molar-refractivity contribution in [3.05, 3.63) is 60.7 Å². The van der Waals surface area contributed by atoms with Crippen LogP contribution in [0.15, 0.2) is 60.7 Å². The second-order valence-electron chi connectivity index (χ2n) is 6.17. The van der Waals surface area contributed by atoms with Gasteiger partial charge in [0.05, 0.1) is 0 Å². The summed E-state index contributed by atoms with van der Waals surface area (Å²) in [5, 5.41) is 2.69. The molecule has 2 aromatic carbocycles. The molecule has 0 N–H and O–H groups in total. The Morgan fingerprint density at radius 1 is 0.875 bits per heavy atom. The lowest BCUT2D eigenvalue weighted by molar-refractivity contribution is -0.107. The van der Waals surface area contributed by atoms with Gasteiger partial charge in [0.25, 0.3) is 8.32 Å². The molecule has 0 spiro atoms. The summed E-state index contributed by atoms with van der Waals surface area (Å²) in [4.78, 5) is 10.5. The number of carbonyl (C=O) groups is 1. The highest BCUT2D eigenvalue weighted by atomic mass is 28.4. The van der Waals surface area contributed by atoms with Crippen molar-refractivity contribution in [3.63, 3.8) is 0 Å². The van der Waals surface area contributed by atoms with Crippen LogP contribution in [0, 0.1) is 0 Å². The van der Waals surface area contributed by atoms with Gasteiger partial charge in [-0.25, -0.2) is 0 Å². The molecule has 2 rings (SSSR count). The Kier molecular flexibility index (Phi) is 7.93. The first-order valence-corrected chi connectivity index (χ1v) is 11.1. The van der Waals surface area contributed by atoms with E-state index in [1.54, 1.807) is 0 Å². The van der Waals surface area contributed by atoms with Crippen molar-refractivity contribution in [1.82, 2.24) is 0 Å². The smallest absolute Gasteiger partial charge is 0.255 e. The van der Waals surface area contributed by atoms with Crippen LogP contribution in [0.4, 0.5) is 0 Å². The molecule has 24 heavy (non-hydrogen) atoms. The Balaban J connectivity index is 2.30. The number of hydrogen-bond donors (Lipinski definition) is 0. The number of aldehydes is 1. The fourth-order valence-electron chi connectivity index (χ4n) is 3.11. The molecule has 0 bridgehead atoms. The molecule has 0 atom stereocenters. The van der Waals surface area contributed by atoms with Crippen LogP contribution in [0.3, 0.4) is 0 Å². The highest BCUT2D eigenvalue weighted by molar-refractivity contribution is 6.97. The third-order valence-corrected chi connectivity index (χ3v) is 8.71. The maximum atomic E-state index is 10.5. The molecular formula is C21H28O2Si. The van der Waals surface area contributed by atoms with Crippen LogP contribution in [0.5, 0.6) is 0 Å². The predicted molar refractivity (Wildman–Crippen MR) is 103 cm³/mol. The van der Waals surface area contributed by atoms with Crippen molar-refractivity contribution in [1.29, 1.82) is 0 Å². The Morgan fingerprint density at radius 2 is 1.46 bits per heavy atom. The molecule has 0 amide bonds. The molecule has 0 saturated carbocycles. The summed E-state index contributed by atoms with van der Waals surface area (Å²) in [6, 6.07) is 22.6. The van der Waals surface area contributed by atoms with Crippen LogP contribution in [0.25, 0.3) is 0 Å². The molecule has 0 fully saturated rings. The Morgan fingerprint density at radius 3 is 1.96 bits per heavy atom. The summed E-state index contributed by atoms with van der Waals surface area (Å²) in [5.41, 5.74) is 0. The summed E-state index contributed by atoms with van der Waals surface area (Å²) in [5.74, 6) is 0. The minimum Gasteiger partial charge on any atom is -0.408 e. The predicted octanol–water partition coefficient (Wildman–Crippen LogP) is 3.93. The number of benzene rings is 2. The lowest BCUT2D eigenvalue weighted by atomic mass is 10.3. The van der Waals surface area contributed by atoms with Gasteiger partial charge in [0.2, 0.25) is 0 Å². The summed E-state index contributed by atoms with van der Waals surface area (Å²) >= 11 is 0. The van der Waals surface area contributed by atoms with Gasteiger partial charge in [-0.2, -0.15) is 0 Å². The van der Waals surface area contributed by atoms with Crippen molar-refractivity contribution in [2.75, 3.05) is 6.61 Å². The van der Waals surface area contributed by atoms with Crippen LogP contribution >= 0.6 is 0 Å². The normalized spacial score (nSPS) is 11.4. The van der Waals surface area contributed by atoms with Gasteiger partial charge in [0.15, 0.2) is 0 Å². The molecular weight excluding hydrogens is 312 g/mol. The van der Waals surface area contributed by atoms with Gasteiger partial charge < -0.3 is 9.22 Å². The van der Waals surface area contributed by atoms with E-state index in [1.807, 2.05) is 0 Å².